The van der Waals surface area contributed by atoms with E-state index >= 15 is 0 Å². The number of fused-ring (bicyclic) bond motifs is 2. The van der Waals surface area contributed by atoms with Crippen LogP contribution in [-0.4, -0.2) is 60.6 Å². The number of carbonyl (C=O) groups is 1. The Balaban J connectivity index is 1.39. The molecular weight excluding hydrogens is 458 g/mol. The van der Waals surface area contributed by atoms with E-state index < -0.39 is 0 Å². The molecule has 5 heteroatoms. The lowest BCUT2D eigenvalue weighted by molar-refractivity contribution is 0.0933. The van der Waals surface area contributed by atoms with Gasteiger partial charge >= 0.3 is 0 Å². The predicted octanol–water partition coefficient (Wildman–Crippen LogP) is 5.96. The standard InChI is InChI=1S/C32H43N3O2/c1-3-20-35-28-17-18-29(35)23-34(21-19-28)31(26-9-8-12-30(22-26)37-2)24-13-15-25(16-14-24)32(36)33-27-10-6-4-5-7-11-27/h3,8-9,12-16,22,27-29,31H,1,4-7,10-11,17-21,23H2,2H3,(H,33,36). The lowest BCUT2D eigenvalue weighted by Crippen LogP contribution is -2.40. The Morgan fingerprint density at radius 3 is 2.49 bits per heavy atom. The van der Waals surface area contributed by atoms with Gasteiger partial charge in [-0.2, -0.15) is 0 Å². The van der Waals surface area contributed by atoms with Gasteiger partial charge in [0.25, 0.3) is 5.91 Å². The normalized spacial score (nSPS) is 24.1. The maximum absolute atomic E-state index is 13.0. The number of methoxy groups -OCH3 is 1. The van der Waals surface area contributed by atoms with Crippen LogP contribution >= 0.6 is 0 Å². The third-order valence-electron chi connectivity index (χ3n) is 8.76. The van der Waals surface area contributed by atoms with Crippen molar-refractivity contribution >= 4 is 5.91 Å². The molecule has 1 N–H and O–H groups in total. The van der Waals surface area contributed by atoms with Crippen LogP contribution in [0.3, 0.4) is 0 Å². The smallest absolute Gasteiger partial charge is 0.251 e. The fraction of sp³-hybridized carbons (Fsp3) is 0.531. The van der Waals surface area contributed by atoms with Crippen molar-refractivity contribution in [2.45, 2.75) is 82.0 Å². The van der Waals surface area contributed by atoms with Crippen LogP contribution in [0, 0.1) is 0 Å². The van der Waals surface area contributed by atoms with E-state index in [1.165, 1.54) is 56.1 Å². The number of rotatable bonds is 8. The highest BCUT2D eigenvalue weighted by Gasteiger charge is 2.38. The van der Waals surface area contributed by atoms with Gasteiger partial charge in [-0.3, -0.25) is 14.6 Å². The Kier molecular flexibility index (Phi) is 8.62. The zero-order valence-corrected chi connectivity index (χ0v) is 22.4. The van der Waals surface area contributed by atoms with Crippen LogP contribution < -0.4 is 10.1 Å². The van der Waals surface area contributed by atoms with Crippen LogP contribution in [0.5, 0.6) is 5.75 Å². The topological polar surface area (TPSA) is 44.8 Å². The van der Waals surface area contributed by atoms with Crippen LogP contribution in [0.4, 0.5) is 0 Å². The largest absolute Gasteiger partial charge is 0.497 e. The van der Waals surface area contributed by atoms with E-state index in [1.807, 2.05) is 18.2 Å². The van der Waals surface area contributed by atoms with Gasteiger partial charge in [0, 0.05) is 43.3 Å². The first-order valence-electron chi connectivity index (χ1n) is 14.3. The first-order valence-corrected chi connectivity index (χ1v) is 14.3. The minimum absolute atomic E-state index is 0.0588. The molecule has 3 atom stereocenters. The highest BCUT2D eigenvalue weighted by Crippen LogP contribution is 2.37. The minimum Gasteiger partial charge on any atom is -0.497 e. The fourth-order valence-electron chi connectivity index (χ4n) is 6.81. The summed E-state index contributed by atoms with van der Waals surface area (Å²) in [6.07, 6.45) is 13.0. The molecule has 2 aromatic carbocycles. The highest BCUT2D eigenvalue weighted by molar-refractivity contribution is 5.94. The number of hydrogen-bond donors (Lipinski definition) is 1. The summed E-state index contributed by atoms with van der Waals surface area (Å²) >= 11 is 0. The van der Waals surface area contributed by atoms with Crippen molar-refractivity contribution in [2.75, 3.05) is 26.7 Å². The molecule has 1 saturated carbocycles. The second-order valence-electron chi connectivity index (χ2n) is 11.1. The van der Waals surface area contributed by atoms with Gasteiger partial charge < -0.3 is 10.1 Å². The average Bonchev–Trinajstić information content (AvgIpc) is 3.05. The molecule has 198 valence electrons. The highest BCUT2D eigenvalue weighted by atomic mass is 16.5. The summed E-state index contributed by atoms with van der Waals surface area (Å²) in [6, 6.07) is 18.5. The first-order chi connectivity index (χ1) is 18.2. The molecule has 2 bridgehead atoms. The molecule has 1 aliphatic carbocycles. The van der Waals surface area contributed by atoms with E-state index in [1.54, 1.807) is 7.11 Å². The van der Waals surface area contributed by atoms with Gasteiger partial charge in [0.2, 0.25) is 0 Å². The summed E-state index contributed by atoms with van der Waals surface area (Å²) in [5.41, 5.74) is 3.22. The van der Waals surface area contributed by atoms with E-state index in [-0.39, 0.29) is 11.9 Å². The third-order valence-corrected chi connectivity index (χ3v) is 8.76. The van der Waals surface area contributed by atoms with Crippen LogP contribution in [-0.2, 0) is 0 Å². The molecule has 0 radical (unpaired) electrons. The lowest BCUT2D eigenvalue weighted by Gasteiger charge is -2.34. The van der Waals surface area contributed by atoms with Crippen LogP contribution in [0.25, 0.3) is 0 Å². The SMILES string of the molecule is C=CCN1C2CCC1CN(C(c1ccc(C(=O)NC3CCCCCC3)cc1)c1cccc(OC)c1)CC2. The van der Waals surface area contributed by atoms with E-state index in [0.717, 1.165) is 43.8 Å². The Morgan fingerprint density at radius 2 is 1.76 bits per heavy atom. The molecule has 1 amide bonds. The van der Waals surface area contributed by atoms with E-state index in [2.05, 4.69) is 58.1 Å². The van der Waals surface area contributed by atoms with E-state index in [9.17, 15) is 4.79 Å². The zero-order valence-electron chi connectivity index (χ0n) is 22.4. The molecule has 2 aromatic rings. The molecule has 2 heterocycles. The minimum atomic E-state index is 0.0588. The molecule has 5 nitrogen and oxygen atoms in total. The summed E-state index contributed by atoms with van der Waals surface area (Å²) in [5.74, 6) is 0.940. The van der Waals surface area contributed by atoms with Crippen molar-refractivity contribution in [3.8, 4) is 5.75 Å². The van der Waals surface area contributed by atoms with E-state index in [0.29, 0.717) is 18.1 Å². The van der Waals surface area contributed by atoms with Crippen molar-refractivity contribution in [3.63, 3.8) is 0 Å². The van der Waals surface area contributed by atoms with Crippen molar-refractivity contribution < 1.29 is 9.53 Å². The molecule has 3 aliphatic rings. The Morgan fingerprint density at radius 1 is 1.00 bits per heavy atom. The summed E-state index contributed by atoms with van der Waals surface area (Å²) in [4.78, 5) is 18.4. The fourth-order valence-corrected chi connectivity index (χ4v) is 6.81. The van der Waals surface area contributed by atoms with Gasteiger partial charge in [0.1, 0.15) is 5.75 Å². The van der Waals surface area contributed by atoms with Crippen LogP contribution in [0.1, 0.15) is 85.3 Å². The zero-order chi connectivity index (χ0) is 25.6. The van der Waals surface area contributed by atoms with E-state index in [4.69, 9.17) is 4.74 Å². The second kappa shape index (κ2) is 12.3. The maximum Gasteiger partial charge on any atom is 0.251 e. The Labute approximate surface area is 222 Å². The quantitative estimate of drug-likeness (QED) is 0.358. The van der Waals surface area contributed by atoms with Crippen molar-refractivity contribution in [1.29, 1.82) is 0 Å². The molecule has 37 heavy (non-hydrogen) atoms. The average molecular weight is 502 g/mol. The lowest BCUT2D eigenvalue weighted by atomic mass is 9.94. The second-order valence-corrected chi connectivity index (χ2v) is 11.1. The van der Waals surface area contributed by atoms with Gasteiger partial charge in [-0.15, -0.1) is 6.58 Å². The van der Waals surface area contributed by atoms with Crippen molar-refractivity contribution in [1.82, 2.24) is 15.1 Å². The van der Waals surface area contributed by atoms with Gasteiger partial charge in [-0.25, -0.2) is 0 Å². The number of benzene rings is 2. The summed E-state index contributed by atoms with van der Waals surface area (Å²) in [7, 11) is 1.73. The van der Waals surface area contributed by atoms with Crippen LogP contribution in [0.15, 0.2) is 61.2 Å². The number of nitrogens with one attached hydrogen (secondary N) is 1. The number of likely N-dealkylation sites (tertiary alicyclic amines) is 1. The molecule has 0 aromatic heterocycles. The molecule has 5 rings (SSSR count). The molecule has 2 saturated heterocycles. The number of amides is 1. The maximum atomic E-state index is 13.0. The Bertz CT molecular complexity index is 1040. The number of nitrogens with zero attached hydrogens (tertiary/aromatic N) is 2. The van der Waals surface area contributed by atoms with Gasteiger partial charge in [-0.05, 0) is 67.5 Å². The molecule has 2 aliphatic heterocycles. The van der Waals surface area contributed by atoms with Gasteiger partial charge in [0.15, 0.2) is 0 Å². The first kappa shape index (κ1) is 26.0. The summed E-state index contributed by atoms with van der Waals surface area (Å²) in [5, 5.41) is 3.30. The monoisotopic (exact) mass is 501 g/mol. The van der Waals surface area contributed by atoms with Gasteiger partial charge in [0.05, 0.1) is 13.2 Å². The Hall–Kier alpha value is -2.63. The van der Waals surface area contributed by atoms with Crippen molar-refractivity contribution in [3.05, 3.63) is 77.9 Å². The van der Waals surface area contributed by atoms with Crippen molar-refractivity contribution in [2.24, 2.45) is 0 Å². The number of carbonyl (C=O) groups excluding carboxylic acids is 1. The number of ether oxygens (including phenoxy) is 1. The van der Waals surface area contributed by atoms with Crippen LogP contribution in [0.2, 0.25) is 0 Å². The van der Waals surface area contributed by atoms with Gasteiger partial charge in [-0.1, -0.05) is 56.0 Å². The summed E-state index contributed by atoms with van der Waals surface area (Å²) < 4.78 is 5.59. The molecule has 0 spiro atoms. The molecular formula is C32H43N3O2. The number of hydrogen-bond acceptors (Lipinski definition) is 4. The molecule has 3 unspecified atom stereocenters. The predicted molar refractivity (Wildman–Crippen MR) is 150 cm³/mol. The third kappa shape index (κ3) is 6.10. The molecule has 3 fully saturated rings. The summed E-state index contributed by atoms with van der Waals surface area (Å²) in [6.45, 7) is 7.08.